The van der Waals surface area contributed by atoms with Crippen molar-refractivity contribution in [1.82, 2.24) is 5.32 Å². The van der Waals surface area contributed by atoms with Gasteiger partial charge in [0.05, 0.1) is 0 Å². The van der Waals surface area contributed by atoms with E-state index in [0.29, 0.717) is 5.25 Å². The molecule has 2 unspecified atom stereocenters. The first-order chi connectivity index (χ1) is 7.15. The molecule has 0 aromatic heterocycles. The van der Waals surface area contributed by atoms with Gasteiger partial charge in [-0.2, -0.15) is 11.8 Å². The lowest BCUT2D eigenvalue weighted by Gasteiger charge is -2.32. The third-order valence-electron chi connectivity index (χ3n) is 3.12. The number of fused-ring (bicyclic) bond motifs is 1. The Labute approximate surface area is 94.5 Å². The molecule has 2 rings (SSSR count). The van der Waals surface area contributed by atoms with E-state index in [1.807, 2.05) is 24.9 Å². The van der Waals surface area contributed by atoms with E-state index in [0.717, 1.165) is 11.3 Å². The van der Waals surface area contributed by atoms with Crippen LogP contribution in [0.15, 0.2) is 12.1 Å². The van der Waals surface area contributed by atoms with E-state index in [1.54, 1.807) is 6.07 Å². The second-order valence-corrected chi connectivity index (χ2v) is 5.40. The lowest BCUT2D eigenvalue weighted by atomic mass is 9.94. The van der Waals surface area contributed by atoms with E-state index in [4.69, 9.17) is 0 Å². The van der Waals surface area contributed by atoms with Crippen molar-refractivity contribution in [1.29, 1.82) is 0 Å². The van der Waals surface area contributed by atoms with Crippen LogP contribution in [0.25, 0.3) is 0 Å². The molecule has 82 valence electrons. The molecule has 1 aliphatic heterocycles. The van der Waals surface area contributed by atoms with Crippen LogP contribution in [0.4, 0.5) is 4.39 Å². The van der Waals surface area contributed by atoms with Crippen molar-refractivity contribution in [3.8, 4) is 0 Å². The van der Waals surface area contributed by atoms with Crippen LogP contribution in [0.2, 0.25) is 0 Å². The molecule has 3 heteroatoms. The maximum absolute atomic E-state index is 13.8. The van der Waals surface area contributed by atoms with E-state index < -0.39 is 0 Å². The fraction of sp³-hybridized carbons (Fsp3) is 0.500. The summed E-state index contributed by atoms with van der Waals surface area (Å²) in [4.78, 5) is 0. The van der Waals surface area contributed by atoms with Crippen molar-refractivity contribution in [2.24, 2.45) is 0 Å². The summed E-state index contributed by atoms with van der Waals surface area (Å²) in [6.45, 7) is 4.21. The minimum Gasteiger partial charge on any atom is -0.312 e. The SMILES string of the molecule is CNC1c2c(F)ccc(C)c2CSC1C. The lowest BCUT2D eigenvalue weighted by molar-refractivity contribution is 0.523. The van der Waals surface area contributed by atoms with Crippen LogP contribution >= 0.6 is 11.8 Å². The van der Waals surface area contributed by atoms with Gasteiger partial charge >= 0.3 is 0 Å². The average molecular weight is 225 g/mol. The molecule has 15 heavy (non-hydrogen) atoms. The van der Waals surface area contributed by atoms with Crippen molar-refractivity contribution in [2.45, 2.75) is 30.9 Å². The molecule has 0 saturated heterocycles. The normalized spacial score (nSPS) is 25.1. The Morgan fingerprint density at radius 2 is 2.20 bits per heavy atom. The van der Waals surface area contributed by atoms with Crippen LogP contribution in [-0.4, -0.2) is 12.3 Å². The van der Waals surface area contributed by atoms with Crippen LogP contribution < -0.4 is 5.32 Å². The van der Waals surface area contributed by atoms with Crippen LogP contribution in [0, 0.1) is 12.7 Å². The second-order valence-electron chi connectivity index (χ2n) is 4.04. The van der Waals surface area contributed by atoms with Crippen LogP contribution in [0.3, 0.4) is 0 Å². The van der Waals surface area contributed by atoms with Crippen molar-refractivity contribution in [3.05, 3.63) is 34.6 Å². The highest BCUT2D eigenvalue weighted by atomic mass is 32.2. The first-order valence-corrected chi connectivity index (χ1v) is 6.26. The predicted octanol–water partition coefficient (Wildman–Crippen LogP) is 3.03. The minimum atomic E-state index is -0.0675. The van der Waals surface area contributed by atoms with Gasteiger partial charge in [-0.3, -0.25) is 0 Å². The molecule has 2 atom stereocenters. The Hall–Kier alpha value is -0.540. The molecule has 0 saturated carbocycles. The minimum absolute atomic E-state index is 0.0675. The van der Waals surface area contributed by atoms with Crippen LogP contribution in [-0.2, 0) is 5.75 Å². The Bertz CT molecular complexity index is 378. The number of halogens is 1. The van der Waals surface area contributed by atoms with Gasteiger partial charge in [0.15, 0.2) is 0 Å². The molecule has 1 aromatic rings. The molecule has 1 nitrogen and oxygen atoms in total. The molecule has 0 amide bonds. The highest BCUT2D eigenvalue weighted by Crippen LogP contribution is 2.39. The number of aryl methyl sites for hydroxylation is 1. The van der Waals surface area contributed by atoms with Gasteiger partial charge in [0.2, 0.25) is 0 Å². The second kappa shape index (κ2) is 4.14. The van der Waals surface area contributed by atoms with Gasteiger partial charge in [0.1, 0.15) is 5.82 Å². The summed E-state index contributed by atoms with van der Waals surface area (Å²) in [6.07, 6.45) is 0. The highest BCUT2D eigenvalue weighted by Gasteiger charge is 2.29. The van der Waals surface area contributed by atoms with Gasteiger partial charge in [0.25, 0.3) is 0 Å². The summed E-state index contributed by atoms with van der Waals surface area (Å²) in [6, 6.07) is 3.59. The molecule has 0 bridgehead atoms. The van der Waals surface area contributed by atoms with Gasteiger partial charge in [-0.1, -0.05) is 13.0 Å². The van der Waals surface area contributed by atoms with Gasteiger partial charge in [0, 0.05) is 22.6 Å². The van der Waals surface area contributed by atoms with Crippen molar-refractivity contribution >= 4 is 11.8 Å². The highest BCUT2D eigenvalue weighted by molar-refractivity contribution is 7.99. The number of rotatable bonds is 1. The van der Waals surface area contributed by atoms with Gasteiger partial charge in [-0.05, 0) is 31.2 Å². The quantitative estimate of drug-likeness (QED) is 0.788. The molecule has 1 N–H and O–H groups in total. The standard InChI is InChI=1S/C12H16FNS/c1-7-4-5-10(13)11-9(7)6-15-8(2)12(11)14-3/h4-5,8,12,14H,6H2,1-3H3. The third-order valence-corrected chi connectivity index (χ3v) is 4.37. The molecule has 1 heterocycles. The zero-order valence-electron chi connectivity index (χ0n) is 9.30. The monoisotopic (exact) mass is 225 g/mol. The Morgan fingerprint density at radius 1 is 1.47 bits per heavy atom. The Kier molecular flexibility index (Phi) is 3.03. The van der Waals surface area contributed by atoms with E-state index in [1.165, 1.54) is 11.1 Å². The maximum Gasteiger partial charge on any atom is 0.128 e. The molecular weight excluding hydrogens is 209 g/mol. The number of nitrogens with one attached hydrogen (secondary N) is 1. The number of hydrogen-bond donors (Lipinski definition) is 1. The van der Waals surface area contributed by atoms with Gasteiger partial charge < -0.3 is 5.32 Å². The van der Waals surface area contributed by atoms with Crippen LogP contribution in [0.5, 0.6) is 0 Å². The van der Waals surface area contributed by atoms with Crippen molar-refractivity contribution in [3.63, 3.8) is 0 Å². The number of hydrogen-bond acceptors (Lipinski definition) is 2. The lowest BCUT2D eigenvalue weighted by Crippen LogP contribution is -2.30. The van der Waals surface area contributed by atoms with Crippen molar-refractivity contribution in [2.75, 3.05) is 7.05 Å². The summed E-state index contributed by atoms with van der Waals surface area (Å²) in [7, 11) is 1.90. The smallest absolute Gasteiger partial charge is 0.128 e. The molecular formula is C12H16FNS. The average Bonchev–Trinajstić information content (AvgIpc) is 2.23. The topological polar surface area (TPSA) is 12.0 Å². The van der Waals surface area contributed by atoms with Crippen molar-refractivity contribution < 1.29 is 4.39 Å². The molecule has 0 spiro atoms. The summed E-state index contributed by atoms with van der Waals surface area (Å²) in [5, 5.41) is 3.65. The predicted molar refractivity (Wildman–Crippen MR) is 63.7 cm³/mol. The van der Waals surface area contributed by atoms with Gasteiger partial charge in [-0.15, -0.1) is 0 Å². The first-order valence-electron chi connectivity index (χ1n) is 5.22. The summed E-state index contributed by atoms with van der Waals surface area (Å²) in [5.41, 5.74) is 3.26. The fourth-order valence-corrected chi connectivity index (χ4v) is 3.48. The molecule has 0 radical (unpaired) electrons. The molecule has 1 aliphatic rings. The van der Waals surface area contributed by atoms with E-state index in [2.05, 4.69) is 19.2 Å². The maximum atomic E-state index is 13.8. The summed E-state index contributed by atoms with van der Waals surface area (Å²) < 4.78 is 13.8. The van der Waals surface area contributed by atoms with E-state index >= 15 is 0 Å². The Morgan fingerprint density at radius 3 is 2.87 bits per heavy atom. The number of thioether (sulfide) groups is 1. The third kappa shape index (κ3) is 1.79. The summed E-state index contributed by atoms with van der Waals surface area (Å²) in [5.74, 6) is 0.861. The largest absolute Gasteiger partial charge is 0.312 e. The van der Waals surface area contributed by atoms with Crippen LogP contribution in [0.1, 0.15) is 29.7 Å². The zero-order valence-corrected chi connectivity index (χ0v) is 10.1. The van der Waals surface area contributed by atoms with E-state index in [-0.39, 0.29) is 11.9 Å². The zero-order chi connectivity index (χ0) is 11.0. The summed E-state index contributed by atoms with van der Waals surface area (Å²) >= 11 is 1.89. The molecule has 1 aromatic carbocycles. The molecule has 0 fully saturated rings. The first kappa shape index (κ1) is 11.0. The van der Waals surface area contributed by atoms with Gasteiger partial charge in [-0.25, -0.2) is 4.39 Å². The number of benzene rings is 1. The van der Waals surface area contributed by atoms with E-state index in [9.17, 15) is 4.39 Å². The fourth-order valence-electron chi connectivity index (χ4n) is 2.20. The molecule has 0 aliphatic carbocycles. The Balaban J connectivity index is 2.56.